The molecule has 1 aromatic carbocycles. The number of rotatable bonds is 6. The van der Waals surface area contributed by atoms with Crippen molar-refractivity contribution in [2.24, 2.45) is 5.92 Å². The number of likely N-dealkylation sites (N-methyl/N-ethyl adjacent to an activating group) is 2. The van der Waals surface area contributed by atoms with Crippen molar-refractivity contribution >= 4 is 0 Å². The third-order valence-electron chi connectivity index (χ3n) is 4.83. The van der Waals surface area contributed by atoms with E-state index in [4.69, 9.17) is 0 Å². The third-order valence-corrected chi connectivity index (χ3v) is 4.83. The number of halogens is 1. The smallest absolute Gasteiger partial charge is 0.128 e. The zero-order chi connectivity index (χ0) is 15.2. The van der Waals surface area contributed by atoms with Gasteiger partial charge in [-0.25, -0.2) is 4.39 Å². The molecule has 0 radical (unpaired) electrons. The van der Waals surface area contributed by atoms with Crippen molar-refractivity contribution in [1.29, 1.82) is 0 Å². The van der Waals surface area contributed by atoms with Crippen LogP contribution < -0.4 is 5.32 Å². The molecule has 0 bridgehead atoms. The molecule has 1 saturated carbocycles. The Morgan fingerprint density at radius 2 is 2.00 bits per heavy atom. The van der Waals surface area contributed by atoms with E-state index in [9.17, 15) is 4.39 Å². The molecule has 3 unspecified atom stereocenters. The fraction of sp³-hybridized carbons (Fsp3) is 0.667. The van der Waals surface area contributed by atoms with Crippen LogP contribution in [0.3, 0.4) is 0 Å². The molecule has 1 N–H and O–H groups in total. The zero-order valence-corrected chi connectivity index (χ0v) is 13.6. The largest absolute Gasteiger partial charge is 0.309 e. The number of benzene rings is 1. The lowest BCUT2D eigenvalue weighted by molar-refractivity contribution is 0.127. The first-order chi connectivity index (χ1) is 10.1. The molecule has 0 aliphatic heterocycles. The Morgan fingerprint density at radius 3 is 2.67 bits per heavy atom. The zero-order valence-electron chi connectivity index (χ0n) is 13.6. The van der Waals surface area contributed by atoms with Gasteiger partial charge in [-0.15, -0.1) is 0 Å². The predicted molar refractivity (Wildman–Crippen MR) is 86.9 cm³/mol. The van der Waals surface area contributed by atoms with Crippen molar-refractivity contribution in [2.75, 3.05) is 20.1 Å². The van der Waals surface area contributed by atoms with Gasteiger partial charge in [0.15, 0.2) is 0 Å². The summed E-state index contributed by atoms with van der Waals surface area (Å²) in [6.45, 7) is 6.15. The first-order valence-electron chi connectivity index (χ1n) is 8.31. The van der Waals surface area contributed by atoms with Gasteiger partial charge in [-0.1, -0.05) is 44.9 Å². The van der Waals surface area contributed by atoms with Gasteiger partial charge in [0.25, 0.3) is 0 Å². The average molecular weight is 292 g/mol. The van der Waals surface area contributed by atoms with Crippen molar-refractivity contribution < 1.29 is 4.39 Å². The summed E-state index contributed by atoms with van der Waals surface area (Å²) in [5.41, 5.74) is 0.787. The van der Waals surface area contributed by atoms with Crippen molar-refractivity contribution in [2.45, 2.75) is 51.6 Å². The first-order valence-corrected chi connectivity index (χ1v) is 8.31. The molecular weight excluding hydrogens is 263 g/mol. The first kappa shape index (κ1) is 16.4. The second-order valence-corrected chi connectivity index (χ2v) is 6.40. The lowest BCUT2D eigenvalue weighted by atomic mass is 9.85. The van der Waals surface area contributed by atoms with Crippen LogP contribution in [0, 0.1) is 11.7 Å². The highest BCUT2D eigenvalue weighted by Crippen LogP contribution is 2.29. The lowest BCUT2D eigenvalue weighted by Crippen LogP contribution is -2.43. The predicted octanol–water partition coefficient (Wildman–Crippen LogP) is 3.99. The summed E-state index contributed by atoms with van der Waals surface area (Å²) in [7, 11) is 2.19. The highest BCUT2D eigenvalue weighted by Gasteiger charge is 2.27. The van der Waals surface area contributed by atoms with Crippen molar-refractivity contribution in [3.63, 3.8) is 0 Å². The Kier molecular flexibility index (Phi) is 6.19. The van der Waals surface area contributed by atoms with Gasteiger partial charge in [-0.3, -0.25) is 0 Å². The highest BCUT2D eigenvalue weighted by atomic mass is 19.1. The molecule has 0 amide bonds. The van der Waals surface area contributed by atoms with Gasteiger partial charge in [0.05, 0.1) is 0 Å². The van der Waals surface area contributed by atoms with E-state index >= 15 is 0 Å². The second kappa shape index (κ2) is 7.90. The van der Waals surface area contributed by atoms with Crippen LogP contribution in [-0.2, 0) is 0 Å². The maximum absolute atomic E-state index is 14.1. The van der Waals surface area contributed by atoms with E-state index in [1.165, 1.54) is 25.7 Å². The summed E-state index contributed by atoms with van der Waals surface area (Å²) in [6, 6.07) is 7.84. The topological polar surface area (TPSA) is 15.3 Å². The summed E-state index contributed by atoms with van der Waals surface area (Å²) in [4.78, 5) is 2.43. The molecule has 21 heavy (non-hydrogen) atoms. The van der Waals surface area contributed by atoms with Crippen molar-refractivity contribution in [3.05, 3.63) is 35.6 Å². The number of hydrogen-bond acceptors (Lipinski definition) is 2. The summed E-state index contributed by atoms with van der Waals surface area (Å²) >= 11 is 0. The van der Waals surface area contributed by atoms with Gasteiger partial charge >= 0.3 is 0 Å². The molecule has 1 aliphatic rings. The molecule has 0 spiro atoms. The maximum atomic E-state index is 14.1. The molecule has 2 nitrogen and oxygen atoms in total. The van der Waals surface area contributed by atoms with E-state index in [0.29, 0.717) is 6.04 Å². The molecule has 118 valence electrons. The van der Waals surface area contributed by atoms with E-state index in [1.54, 1.807) is 12.1 Å². The molecule has 1 aromatic rings. The minimum absolute atomic E-state index is 0.0651. The van der Waals surface area contributed by atoms with E-state index in [-0.39, 0.29) is 11.9 Å². The Labute approximate surface area is 128 Å². The second-order valence-electron chi connectivity index (χ2n) is 6.40. The molecule has 2 rings (SSSR count). The monoisotopic (exact) mass is 292 g/mol. The summed E-state index contributed by atoms with van der Waals surface area (Å²) < 4.78 is 14.1. The number of hydrogen-bond donors (Lipinski definition) is 1. The summed E-state index contributed by atoms with van der Waals surface area (Å²) in [5.74, 6) is 0.639. The highest BCUT2D eigenvalue weighted by molar-refractivity contribution is 5.21. The average Bonchev–Trinajstić information content (AvgIpc) is 2.47. The van der Waals surface area contributed by atoms with Gasteiger partial charge in [-0.2, -0.15) is 0 Å². The normalized spacial score (nSPS) is 24.2. The fourth-order valence-corrected chi connectivity index (χ4v) is 3.65. The fourth-order valence-electron chi connectivity index (χ4n) is 3.65. The molecule has 1 aliphatic carbocycles. The number of nitrogens with one attached hydrogen (secondary N) is 1. The molecule has 0 saturated heterocycles. The van der Waals surface area contributed by atoms with Crippen LogP contribution in [0.25, 0.3) is 0 Å². The number of nitrogens with zero attached hydrogens (tertiary/aromatic N) is 1. The van der Waals surface area contributed by atoms with E-state index < -0.39 is 0 Å². The quantitative estimate of drug-likeness (QED) is 0.853. The van der Waals surface area contributed by atoms with Crippen LogP contribution in [0.5, 0.6) is 0 Å². The van der Waals surface area contributed by atoms with Crippen LogP contribution in [0.2, 0.25) is 0 Å². The van der Waals surface area contributed by atoms with Gasteiger partial charge in [-0.05, 0) is 38.4 Å². The molecule has 0 heterocycles. The van der Waals surface area contributed by atoms with Gasteiger partial charge in [0.1, 0.15) is 5.82 Å². The van der Waals surface area contributed by atoms with Crippen LogP contribution in [0.15, 0.2) is 24.3 Å². The summed E-state index contributed by atoms with van der Waals surface area (Å²) in [5, 5.41) is 3.44. The van der Waals surface area contributed by atoms with Gasteiger partial charge < -0.3 is 10.2 Å². The Balaban J connectivity index is 2.07. The molecule has 3 atom stereocenters. The molecule has 3 heteroatoms. The van der Waals surface area contributed by atoms with Gasteiger partial charge in [0, 0.05) is 24.2 Å². The van der Waals surface area contributed by atoms with Crippen molar-refractivity contribution in [3.8, 4) is 0 Å². The van der Waals surface area contributed by atoms with E-state index in [0.717, 1.165) is 24.6 Å². The van der Waals surface area contributed by atoms with Crippen molar-refractivity contribution in [1.82, 2.24) is 10.2 Å². The minimum atomic E-state index is -0.103. The molecular formula is C18H29FN2. The Bertz CT molecular complexity index is 435. The SMILES string of the molecule is CCNC(CN(C)C1CCCCC1C)c1ccccc1F. The van der Waals surface area contributed by atoms with Gasteiger partial charge in [0.2, 0.25) is 0 Å². The third kappa shape index (κ3) is 4.27. The van der Waals surface area contributed by atoms with Crippen LogP contribution in [-0.4, -0.2) is 31.1 Å². The molecule has 0 aromatic heterocycles. The van der Waals surface area contributed by atoms with E-state index in [2.05, 4.69) is 31.1 Å². The summed E-state index contributed by atoms with van der Waals surface area (Å²) in [6.07, 6.45) is 5.27. The van der Waals surface area contributed by atoms with Crippen LogP contribution in [0.4, 0.5) is 4.39 Å². The Hall–Kier alpha value is -0.930. The lowest BCUT2D eigenvalue weighted by Gasteiger charge is -2.38. The van der Waals surface area contributed by atoms with E-state index in [1.807, 2.05) is 12.1 Å². The van der Waals surface area contributed by atoms with Crippen LogP contribution in [0.1, 0.15) is 51.1 Å². The standard InChI is InChI=1S/C18H29FN2/c1-4-20-17(15-10-6-7-11-16(15)19)13-21(3)18-12-8-5-9-14(18)2/h6-7,10-11,14,17-18,20H,4-5,8-9,12-13H2,1-3H3. The maximum Gasteiger partial charge on any atom is 0.128 e. The van der Waals surface area contributed by atoms with Crippen LogP contribution >= 0.6 is 0 Å². The Morgan fingerprint density at radius 1 is 1.29 bits per heavy atom. The molecule has 1 fully saturated rings. The minimum Gasteiger partial charge on any atom is -0.309 e.